The minimum atomic E-state index is -4.66. The Kier molecular flexibility index (Phi) is 6.72. The van der Waals surface area contributed by atoms with Gasteiger partial charge in [-0.25, -0.2) is 4.79 Å². The van der Waals surface area contributed by atoms with Crippen LogP contribution in [0.1, 0.15) is 57.4 Å². The van der Waals surface area contributed by atoms with Gasteiger partial charge in [-0.05, 0) is 70.1 Å². The summed E-state index contributed by atoms with van der Waals surface area (Å²) in [5.74, 6) is 0.0202. The number of hydrogen-bond donors (Lipinski definition) is 2. The Morgan fingerprint density at radius 3 is 2.50 bits per heavy atom. The van der Waals surface area contributed by atoms with Crippen molar-refractivity contribution in [1.29, 1.82) is 0 Å². The smallest absolute Gasteiger partial charge is 0.418 e. The first-order chi connectivity index (χ1) is 16.1. The molecular weight excluding hydrogens is 451 g/mol. The Morgan fingerprint density at radius 2 is 1.88 bits per heavy atom. The molecule has 1 saturated carbocycles. The molecule has 1 spiro atoms. The van der Waals surface area contributed by atoms with Crippen LogP contribution in [0.3, 0.4) is 0 Å². The number of rotatable bonds is 4. The van der Waals surface area contributed by atoms with Gasteiger partial charge in [0.2, 0.25) is 5.91 Å². The van der Waals surface area contributed by atoms with E-state index in [4.69, 9.17) is 0 Å². The van der Waals surface area contributed by atoms with Crippen LogP contribution in [0.4, 0.5) is 29.3 Å². The second-order valence-corrected chi connectivity index (χ2v) is 9.74. The molecule has 0 bridgehead atoms. The maximum absolute atomic E-state index is 14.0. The number of benzene rings is 1. The molecule has 1 atom stereocenters. The van der Waals surface area contributed by atoms with Crippen LogP contribution in [0.15, 0.2) is 18.2 Å². The lowest BCUT2D eigenvalue weighted by Crippen LogP contribution is -2.50. The summed E-state index contributed by atoms with van der Waals surface area (Å²) in [4.78, 5) is 29.4. The lowest BCUT2D eigenvalue weighted by molar-refractivity contribution is -0.139. The second-order valence-electron chi connectivity index (χ2n) is 9.74. The lowest BCUT2D eigenvalue weighted by atomic mass is 9.78. The van der Waals surface area contributed by atoms with Crippen LogP contribution in [-0.2, 0) is 11.0 Å². The fourth-order valence-corrected chi connectivity index (χ4v) is 5.90. The Bertz CT molecular complexity index is 933. The van der Waals surface area contributed by atoms with E-state index in [1.807, 2.05) is 4.90 Å². The van der Waals surface area contributed by atoms with Crippen molar-refractivity contribution in [1.82, 2.24) is 4.90 Å². The first-order valence-electron chi connectivity index (χ1n) is 12.0. The molecule has 7 nitrogen and oxygen atoms in total. The number of nitrogens with zero attached hydrogens (tertiary/aromatic N) is 3. The molecule has 0 aromatic heterocycles. The molecule has 1 aromatic rings. The molecule has 0 unspecified atom stereocenters. The maximum Gasteiger partial charge on any atom is 0.418 e. The third-order valence-electron chi connectivity index (χ3n) is 7.71. The van der Waals surface area contributed by atoms with Crippen molar-refractivity contribution in [2.75, 3.05) is 36.0 Å². The van der Waals surface area contributed by atoms with Gasteiger partial charge in [-0.15, -0.1) is 0 Å². The highest BCUT2D eigenvalue weighted by atomic mass is 19.4. The largest absolute Gasteiger partial charge is 0.465 e. The molecule has 10 heteroatoms. The van der Waals surface area contributed by atoms with Gasteiger partial charge in [-0.2, -0.15) is 13.2 Å². The highest BCUT2D eigenvalue weighted by molar-refractivity contribution is 5.88. The number of aliphatic hydroxyl groups is 1. The summed E-state index contributed by atoms with van der Waals surface area (Å²) in [6.45, 7) is 2.82. The van der Waals surface area contributed by atoms with E-state index in [2.05, 4.69) is 0 Å². The van der Waals surface area contributed by atoms with Crippen molar-refractivity contribution in [2.45, 2.75) is 70.2 Å². The maximum atomic E-state index is 14.0. The number of anilines is 2. The first kappa shape index (κ1) is 24.6. The number of carbonyl (C=O) groups is 2. The molecule has 1 aliphatic carbocycles. The van der Waals surface area contributed by atoms with Crippen LogP contribution in [0.25, 0.3) is 0 Å². The minimum Gasteiger partial charge on any atom is -0.465 e. The summed E-state index contributed by atoms with van der Waals surface area (Å²) < 4.78 is 42.1. The van der Waals surface area contributed by atoms with Gasteiger partial charge in [0, 0.05) is 43.6 Å². The Morgan fingerprint density at radius 1 is 1.18 bits per heavy atom. The lowest BCUT2D eigenvalue weighted by Gasteiger charge is -2.42. The number of hydrogen-bond acceptors (Lipinski definition) is 4. The first-order valence-corrected chi connectivity index (χ1v) is 12.0. The van der Waals surface area contributed by atoms with E-state index in [1.54, 1.807) is 11.8 Å². The predicted octanol–water partition coefficient (Wildman–Crippen LogP) is 4.33. The molecule has 0 radical (unpaired) electrons. The predicted molar refractivity (Wildman–Crippen MR) is 121 cm³/mol. The van der Waals surface area contributed by atoms with Gasteiger partial charge in [0.25, 0.3) is 0 Å². The molecule has 2 amide bonds. The van der Waals surface area contributed by atoms with Crippen molar-refractivity contribution in [3.05, 3.63) is 23.8 Å². The van der Waals surface area contributed by atoms with Gasteiger partial charge in [-0.3, -0.25) is 9.69 Å². The van der Waals surface area contributed by atoms with Crippen LogP contribution in [0.5, 0.6) is 0 Å². The van der Waals surface area contributed by atoms with Gasteiger partial charge in [0.05, 0.1) is 17.1 Å². The Hall–Kier alpha value is -2.49. The standard InChI is InChI=1S/C24H32F3N3O4/c1-2-29(22(33)34)17-6-9-20(19(14-17)24(25,26)27)28-12-3-10-23(15-28)11-13-30(21(23)32)16-4-7-18(31)8-5-16/h6,9,14,16,18,31H,2-5,7-8,10-13,15H2,1H3,(H,33,34)/t16?,18?,23-/m0/s1. The van der Waals surface area contributed by atoms with Crippen LogP contribution < -0.4 is 9.80 Å². The number of amides is 2. The van der Waals surface area contributed by atoms with Gasteiger partial charge in [0.15, 0.2) is 0 Å². The van der Waals surface area contributed by atoms with E-state index >= 15 is 0 Å². The molecule has 34 heavy (non-hydrogen) atoms. The van der Waals surface area contributed by atoms with Gasteiger partial charge in [-0.1, -0.05) is 0 Å². The molecule has 1 aromatic carbocycles. The average Bonchev–Trinajstić information content (AvgIpc) is 3.09. The van der Waals surface area contributed by atoms with E-state index in [0.717, 1.165) is 23.8 Å². The zero-order valence-corrected chi connectivity index (χ0v) is 19.4. The molecule has 2 N–H and O–H groups in total. The third-order valence-corrected chi connectivity index (χ3v) is 7.71. The minimum absolute atomic E-state index is 0.0104. The quantitative estimate of drug-likeness (QED) is 0.666. The number of alkyl halides is 3. The molecule has 2 saturated heterocycles. The number of carbonyl (C=O) groups excluding carboxylic acids is 1. The van der Waals surface area contributed by atoms with Crippen molar-refractivity contribution in [3.63, 3.8) is 0 Å². The van der Waals surface area contributed by atoms with Crippen LogP contribution in [-0.4, -0.2) is 65.4 Å². The normalized spacial score (nSPS) is 28.0. The van der Waals surface area contributed by atoms with Crippen molar-refractivity contribution < 1.29 is 33.0 Å². The van der Waals surface area contributed by atoms with Crippen LogP contribution in [0.2, 0.25) is 0 Å². The van der Waals surface area contributed by atoms with E-state index in [9.17, 15) is 33.0 Å². The molecule has 2 heterocycles. The van der Waals surface area contributed by atoms with E-state index in [1.165, 1.54) is 12.1 Å². The molecular formula is C24H32F3N3O4. The van der Waals surface area contributed by atoms with Gasteiger partial charge in [0.1, 0.15) is 0 Å². The number of likely N-dealkylation sites (tertiary alicyclic amines) is 1. The highest BCUT2D eigenvalue weighted by Gasteiger charge is 2.51. The van der Waals surface area contributed by atoms with Crippen molar-refractivity contribution in [2.24, 2.45) is 5.41 Å². The van der Waals surface area contributed by atoms with E-state index in [-0.39, 0.29) is 42.5 Å². The van der Waals surface area contributed by atoms with Crippen LogP contribution >= 0.6 is 0 Å². The van der Waals surface area contributed by atoms with Crippen LogP contribution in [0, 0.1) is 5.41 Å². The summed E-state index contributed by atoms with van der Waals surface area (Å²) in [7, 11) is 0. The van der Waals surface area contributed by atoms with Crippen molar-refractivity contribution in [3.8, 4) is 0 Å². The molecule has 3 fully saturated rings. The Balaban J connectivity index is 1.59. The molecule has 2 aliphatic heterocycles. The van der Waals surface area contributed by atoms with Gasteiger partial charge >= 0.3 is 12.3 Å². The summed E-state index contributed by atoms with van der Waals surface area (Å²) in [6, 6.07) is 3.72. The van der Waals surface area contributed by atoms with Gasteiger partial charge < -0.3 is 20.0 Å². The molecule has 188 valence electrons. The number of aliphatic hydroxyl groups excluding tert-OH is 1. The highest BCUT2D eigenvalue weighted by Crippen LogP contribution is 2.46. The SMILES string of the molecule is CCN(C(=O)O)c1ccc(N2CCC[C@]3(CCN(C4CCC(O)CC4)C3=O)C2)c(C(F)(F)F)c1. The molecule has 3 aliphatic rings. The fraction of sp³-hybridized carbons (Fsp3) is 0.667. The monoisotopic (exact) mass is 483 g/mol. The molecule has 4 rings (SSSR count). The summed E-state index contributed by atoms with van der Waals surface area (Å²) in [6.07, 6.45) is -1.58. The zero-order valence-electron chi connectivity index (χ0n) is 19.4. The Labute approximate surface area is 197 Å². The fourth-order valence-electron chi connectivity index (χ4n) is 5.90. The number of halogens is 3. The summed E-state index contributed by atoms with van der Waals surface area (Å²) in [5.41, 5.74) is -1.62. The van der Waals surface area contributed by atoms with Crippen molar-refractivity contribution >= 4 is 23.4 Å². The average molecular weight is 484 g/mol. The number of carboxylic acid groups (broad SMARTS) is 1. The zero-order chi connectivity index (χ0) is 24.7. The summed E-state index contributed by atoms with van der Waals surface area (Å²) >= 11 is 0. The second kappa shape index (κ2) is 9.28. The summed E-state index contributed by atoms with van der Waals surface area (Å²) in [5, 5.41) is 19.1. The number of piperidine rings is 1. The van der Waals surface area contributed by atoms with E-state index < -0.39 is 23.2 Å². The third kappa shape index (κ3) is 4.56. The topological polar surface area (TPSA) is 84.3 Å². The van der Waals surface area contributed by atoms with E-state index in [0.29, 0.717) is 45.2 Å².